The first-order valence-corrected chi connectivity index (χ1v) is 11.6. The monoisotopic (exact) mass is 460 g/mol. The van der Waals surface area contributed by atoms with Crippen LogP contribution in [-0.4, -0.2) is 25.1 Å². The first-order valence-electron chi connectivity index (χ1n) is 10.8. The van der Waals surface area contributed by atoms with Crippen molar-refractivity contribution in [2.45, 2.75) is 31.6 Å². The molecule has 0 bridgehead atoms. The lowest BCUT2D eigenvalue weighted by molar-refractivity contribution is -0.118. The molecule has 0 aliphatic heterocycles. The van der Waals surface area contributed by atoms with Crippen molar-refractivity contribution in [3.63, 3.8) is 0 Å². The molecule has 1 aliphatic carbocycles. The molecule has 33 heavy (non-hydrogen) atoms. The fraction of sp³-hybridized carbons (Fsp3) is 0.269. The largest absolute Gasteiger partial charge is 0.484 e. The Balaban J connectivity index is 1.60. The second-order valence-corrected chi connectivity index (χ2v) is 8.92. The molecule has 1 unspecified atom stereocenters. The molecule has 1 atom stereocenters. The lowest BCUT2D eigenvalue weighted by atomic mass is 9.70. The quantitative estimate of drug-likeness (QED) is 0.507. The summed E-state index contributed by atoms with van der Waals surface area (Å²) >= 11 is 1.34. The number of benzene rings is 2. The van der Waals surface area contributed by atoms with Gasteiger partial charge in [0.15, 0.2) is 6.61 Å². The summed E-state index contributed by atoms with van der Waals surface area (Å²) in [4.78, 5) is 26.3. The van der Waals surface area contributed by atoms with E-state index in [2.05, 4.69) is 11.4 Å². The number of carbonyl (C=O) groups is 2. The molecule has 1 aliphatic rings. The third kappa shape index (κ3) is 4.76. The highest BCUT2D eigenvalue weighted by atomic mass is 32.1. The van der Waals surface area contributed by atoms with Crippen LogP contribution in [0.4, 0.5) is 5.00 Å². The van der Waals surface area contributed by atoms with Crippen LogP contribution in [0.25, 0.3) is 0 Å². The molecule has 0 fully saturated rings. The van der Waals surface area contributed by atoms with E-state index < -0.39 is 11.4 Å². The summed E-state index contributed by atoms with van der Waals surface area (Å²) in [5, 5.41) is 13.4. The van der Waals surface area contributed by atoms with Crippen LogP contribution in [0.5, 0.6) is 5.75 Å². The van der Waals surface area contributed by atoms with Crippen molar-refractivity contribution >= 4 is 28.2 Å². The zero-order valence-corrected chi connectivity index (χ0v) is 19.1. The highest BCUT2D eigenvalue weighted by Gasteiger charge is 2.40. The van der Waals surface area contributed by atoms with Gasteiger partial charge in [-0.1, -0.05) is 48.5 Å². The van der Waals surface area contributed by atoms with Gasteiger partial charge in [0, 0.05) is 11.3 Å². The lowest BCUT2D eigenvalue weighted by Gasteiger charge is -2.31. The van der Waals surface area contributed by atoms with Crippen molar-refractivity contribution in [3.05, 3.63) is 82.2 Å². The molecule has 1 aromatic heterocycles. The number of hydrogen-bond acceptors (Lipinski definition) is 6. The summed E-state index contributed by atoms with van der Waals surface area (Å²) in [6.45, 7) is 1.81. The number of carbonyl (C=O) groups excluding carboxylic acids is 2. The zero-order chi connectivity index (χ0) is 23.3. The van der Waals surface area contributed by atoms with Crippen LogP contribution in [0.15, 0.2) is 60.7 Å². The number of rotatable bonds is 7. The van der Waals surface area contributed by atoms with Gasteiger partial charge in [0.1, 0.15) is 10.8 Å². The predicted molar refractivity (Wildman–Crippen MR) is 127 cm³/mol. The Morgan fingerprint density at radius 2 is 1.82 bits per heavy atom. The van der Waals surface area contributed by atoms with Gasteiger partial charge in [-0.2, -0.15) is 5.26 Å². The first-order chi connectivity index (χ1) is 16.1. The van der Waals surface area contributed by atoms with Gasteiger partial charge in [0.05, 0.1) is 23.7 Å². The van der Waals surface area contributed by atoms with Crippen molar-refractivity contribution in [3.8, 4) is 11.8 Å². The third-order valence-electron chi connectivity index (χ3n) is 5.74. The first kappa shape index (κ1) is 22.6. The Morgan fingerprint density at radius 3 is 2.48 bits per heavy atom. The molecule has 0 spiro atoms. The fourth-order valence-corrected chi connectivity index (χ4v) is 5.49. The Labute approximate surface area is 196 Å². The van der Waals surface area contributed by atoms with E-state index in [-0.39, 0.29) is 19.1 Å². The average molecular weight is 461 g/mol. The second-order valence-electron chi connectivity index (χ2n) is 7.82. The number of nitrogens with zero attached hydrogens (tertiary/aromatic N) is 1. The SMILES string of the molecule is CCOC(=O)c1c(NC(=O)COc2ccccc2)sc2c1CCC(C#N)(c1ccccc1)C2. The van der Waals surface area contributed by atoms with E-state index in [4.69, 9.17) is 9.47 Å². The Morgan fingerprint density at radius 1 is 1.12 bits per heavy atom. The van der Waals surface area contributed by atoms with Gasteiger partial charge in [-0.05, 0) is 43.0 Å². The normalized spacial score (nSPS) is 16.8. The number of nitriles is 1. The van der Waals surface area contributed by atoms with Gasteiger partial charge in [-0.3, -0.25) is 4.79 Å². The van der Waals surface area contributed by atoms with E-state index in [9.17, 15) is 14.9 Å². The van der Waals surface area contributed by atoms with Crippen LogP contribution in [0, 0.1) is 11.3 Å². The van der Waals surface area contributed by atoms with E-state index in [1.807, 2.05) is 48.5 Å². The molecular weight excluding hydrogens is 436 g/mol. The number of anilines is 1. The van der Waals surface area contributed by atoms with Gasteiger partial charge >= 0.3 is 5.97 Å². The van der Waals surface area contributed by atoms with Crippen molar-refractivity contribution in [1.82, 2.24) is 0 Å². The Hall–Kier alpha value is -3.63. The minimum atomic E-state index is -0.664. The standard InChI is InChI=1S/C26H24N2O4S/c1-2-31-25(30)23-20-13-14-26(17-27,18-9-5-3-6-10-18)15-21(20)33-24(23)28-22(29)16-32-19-11-7-4-8-12-19/h3-12H,2,13-16H2,1H3,(H,28,29). The van der Waals surface area contributed by atoms with Crippen LogP contribution >= 0.6 is 11.3 Å². The number of nitrogens with one attached hydrogen (secondary N) is 1. The highest BCUT2D eigenvalue weighted by molar-refractivity contribution is 7.17. The fourth-order valence-electron chi connectivity index (χ4n) is 4.12. The van der Waals surface area contributed by atoms with Crippen LogP contribution in [-0.2, 0) is 27.8 Å². The van der Waals surface area contributed by atoms with Crippen molar-refractivity contribution in [2.75, 3.05) is 18.5 Å². The maximum absolute atomic E-state index is 12.8. The van der Waals surface area contributed by atoms with E-state index in [0.29, 0.717) is 35.6 Å². The van der Waals surface area contributed by atoms with Crippen LogP contribution in [0.3, 0.4) is 0 Å². The Kier molecular flexibility index (Phi) is 6.76. The molecule has 2 aromatic carbocycles. The van der Waals surface area contributed by atoms with Crippen molar-refractivity contribution in [1.29, 1.82) is 5.26 Å². The number of esters is 1. The number of para-hydroxylation sites is 1. The van der Waals surface area contributed by atoms with Gasteiger partial charge in [-0.15, -0.1) is 11.3 Å². The highest BCUT2D eigenvalue weighted by Crippen LogP contribution is 2.45. The maximum atomic E-state index is 12.8. The van der Waals surface area contributed by atoms with Gasteiger partial charge in [0.2, 0.25) is 0 Å². The Bertz CT molecular complexity index is 1180. The minimum Gasteiger partial charge on any atom is -0.484 e. The molecule has 6 nitrogen and oxygen atoms in total. The number of amides is 1. The summed E-state index contributed by atoms with van der Waals surface area (Å²) < 4.78 is 10.8. The van der Waals surface area contributed by atoms with Gasteiger partial charge in [0.25, 0.3) is 5.91 Å². The second kappa shape index (κ2) is 9.88. The molecule has 1 amide bonds. The topological polar surface area (TPSA) is 88.4 Å². The number of hydrogen-bond donors (Lipinski definition) is 1. The molecule has 1 N–H and O–H groups in total. The van der Waals surface area contributed by atoms with E-state index in [1.54, 1.807) is 19.1 Å². The predicted octanol–water partition coefficient (Wildman–Crippen LogP) is 4.89. The van der Waals surface area contributed by atoms with Crippen molar-refractivity contribution < 1.29 is 19.1 Å². The summed E-state index contributed by atoms with van der Waals surface area (Å²) in [6.07, 6.45) is 1.63. The molecule has 3 aromatic rings. The smallest absolute Gasteiger partial charge is 0.341 e. The molecule has 0 saturated carbocycles. The van der Waals surface area contributed by atoms with Crippen LogP contribution < -0.4 is 10.1 Å². The van der Waals surface area contributed by atoms with Crippen LogP contribution in [0.1, 0.15) is 39.7 Å². The summed E-state index contributed by atoms with van der Waals surface area (Å²) in [7, 11) is 0. The zero-order valence-electron chi connectivity index (χ0n) is 18.3. The van der Waals surface area contributed by atoms with Crippen molar-refractivity contribution in [2.24, 2.45) is 0 Å². The van der Waals surface area contributed by atoms with E-state index in [1.165, 1.54) is 11.3 Å². The maximum Gasteiger partial charge on any atom is 0.341 e. The van der Waals surface area contributed by atoms with Crippen LogP contribution in [0.2, 0.25) is 0 Å². The number of thiophene rings is 1. The minimum absolute atomic E-state index is 0.180. The molecule has 4 rings (SSSR count). The molecule has 0 saturated heterocycles. The summed E-state index contributed by atoms with van der Waals surface area (Å²) in [5.41, 5.74) is 1.55. The summed E-state index contributed by atoms with van der Waals surface area (Å²) in [5.74, 6) is -0.235. The number of ether oxygens (including phenoxy) is 2. The summed E-state index contributed by atoms with van der Waals surface area (Å²) in [6, 6.07) is 21.3. The number of fused-ring (bicyclic) bond motifs is 1. The van der Waals surface area contributed by atoms with E-state index >= 15 is 0 Å². The molecular formula is C26H24N2O4S. The molecule has 168 valence electrons. The third-order valence-corrected chi connectivity index (χ3v) is 6.89. The molecule has 1 heterocycles. The average Bonchev–Trinajstić information content (AvgIpc) is 3.20. The molecule has 0 radical (unpaired) electrons. The van der Waals surface area contributed by atoms with Gasteiger partial charge in [-0.25, -0.2) is 4.79 Å². The van der Waals surface area contributed by atoms with E-state index in [0.717, 1.165) is 16.0 Å². The molecule has 7 heteroatoms. The lowest BCUT2D eigenvalue weighted by Crippen LogP contribution is -2.31. The van der Waals surface area contributed by atoms with Gasteiger partial charge < -0.3 is 14.8 Å².